The van der Waals surface area contributed by atoms with Crippen LogP contribution in [0.15, 0.2) is 22.7 Å². The Morgan fingerprint density at radius 3 is 2.29 bits per heavy atom. The number of rotatable bonds is 4. The van der Waals surface area contributed by atoms with Gasteiger partial charge in [-0.1, -0.05) is 22.9 Å². The van der Waals surface area contributed by atoms with Gasteiger partial charge in [-0.15, -0.1) is 0 Å². The van der Waals surface area contributed by atoms with Gasteiger partial charge in [0.15, 0.2) is 5.82 Å². The molecule has 0 radical (unpaired) electrons. The van der Waals surface area contributed by atoms with Gasteiger partial charge in [0.25, 0.3) is 0 Å². The predicted molar refractivity (Wildman–Crippen MR) is 91.3 cm³/mol. The average molecular weight is 348 g/mol. The Balaban J connectivity index is 2.44. The Morgan fingerprint density at radius 1 is 1.10 bits per heavy atom. The van der Waals surface area contributed by atoms with E-state index in [1.165, 1.54) is 11.1 Å². The van der Waals surface area contributed by atoms with Gasteiger partial charge in [0, 0.05) is 33.9 Å². The molecule has 2 aromatic rings. The minimum absolute atomic E-state index is 0.153. The summed E-state index contributed by atoms with van der Waals surface area (Å²) < 4.78 is 1.15. The van der Waals surface area contributed by atoms with Crippen LogP contribution in [0, 0.1) is 20.8 Å². The lowest BCUT2D eigenvalue weighted by atomic mass is 10.1. The summed E-state index contributed by atoms with van der Waals surface area (Å²) >= 11 is 3.60. The number of nitrogens with two attached hydrogens (primary N) is 1. The van der Waals surface area contributed by atoms with E-state index in [1.807, 2.05) is 13.0 Å². The summed E-state index contributed by atoms with van der Waals surface area (Å²) in [6, 6.07) is 6.42. The highest BCUT2D eigenvalue weighted by molar-refractivity contribution is 9.10. The molecule has 21 heavy (non-hydrogen) atoms. The molecule has 0 saturated heterocycles. The molecule has 0 bridgehead atoms. The number of benzene rings is 1. The Kier molecular flexibility index (Phi) is 5.12. The summed E-state index contributed by atoms with van der Waals surface area (Å²) in [5, 5.41) is 0. The molecule has 0 aliphatic heterocycles. The van der Waals surface area contributed by atoms with Crippen LogP contribution < -0.4 is 5.73 Å². The van der Waals surface area contributed by atoms with Crippen LogP contribution in [0.2, 0.25) is 0 Å². The fourth-order valence-electron chi connectivity index (χ4n) is 2.36. The smallest absolute Gasteiger partial charge is 0.159 e. The first kappa shape index (κ1) is 16.1. The van der Waals surface area contributed by atoms with E-state index in [0.717, 1.165) is 40.1 Å². The number of hydrogen-bond donors (Lipinski definition) is 1. The molecule has 0 saturated carbocycles. The molecule has 0 fully saturated rings. The molecule has 1 heterocycles. The topological polar surface area (TPSA) is 51.8 Å². The Bertz CT molecular complexity index is 629. The standard InChI is InChI=1S/C17H22BrN3/c1-5-14(19)9-15-8-12(4)20-17(21-15)13-6-10(2)16(18)11(3)7-13/h6-8,14H,5,9,19H2,1-4H3. The van der Waals surface area contributed by atoms with E-state index >= 15 is 0 Å². The molecule has 0 amide bonds. The van der Waals surface area contributed by atoms with Gasteiger partial charge in [-0.05, 0) is 56.5 Å². The second-order valence-corrected chi connectivity index (χ2v) is 6.41. The fourth-order valence-corrected chi connectivity index (χ4v) is 2.58. The molecular weight excluding hydrogens is 326 g/mol. The minimum Gasteiger partial charge on any atom is -0.327 e. The number of aromatic nitrogens is 2. The van der Waals surface area contributed by atoms with Crippen LogP contribution in [0.3, 0.4) is 0 Å². The summed E-state index contributed by atoms with van der Waals surface area (Å²) in [4.78, 5) is 9.28. The van der Waals surface area contributed by atoms with E-state index in [1.54, 1.807) is 0 Å². The van der Waals surface area contributed by atoms with Crippen LogP contribution in [0.5, 0.6) is 0 Å². The van der Waals surface area contributed by atoms with Crippen molar-refractivity contribution in [3.63, 3.8) is 0 Å². The molecule has 1 aromatic carbocycles. The van der Waals surface area contributed by atoms with Gasteiger partial charge < -0.3 is 5.73 Å². The summed E-state index contributed by atoms with van der Waals surface area (Å²) in [5.41, 5.74) is 11.5. The first-order valence-electron chi connectivity index (χ1n) is 7.28. The van der Waals surface area contributed by atoms with Gasteiger partial charge >= 0.3 is 0 Å². The molecule has 112 valence electrons. The van der Waals surface area contributed by atoms with Crippen molar-refractivity contribution in [2.45, 2.75) is 46.6 Å². The first-order valence-corrected chi connectivity index (χ1v) is 8.07. The third kappa shape index (κ3) is 3.89. The summed E-state index contributed by atoms with van der Waals surface area (Å²) in [6.07, 6.45) is 1.75. The van der Waals surface area contributed by atoms with Crippen molar-refractivity contribution in [1.82, 2.24) is 9.97 Å². The normalized spacial score (nSPS) is 12.5. The summed E-state index contributed by atoms with van der Waals surface area (Å²) in [5.74, 6) is 0.784. The molecule has 0 aliphatic rings. The Labute approximate surface area is 135 Å². The highest BCUT2D eigenvalue weighted by atomic mass is 79.9. The van der Waals surface area contributed by atoms with Gasteiger partial charge in [-0.3, -0.25) is 0 Å². The second-order valence-electron chi connectivity index (χ2n) is 5.62. The maximum Gasteiger partial charge on any atom is 0.159 e. The van der Waals surface area contributed by atoms with Crippen LogP contribution in [0.25, 0.3) is 11.4 Å². The third-order valence-electron chi connectivity index (χ3n) is 3.60. The number of aryl methyl sites for hydroxylation is 3. The summed E-state index contributed by atoms with van der Waals surface area (Å²) in [7, 11) is 0. The number of nitrogens with zero attached hydrogens (tertiary/aromatic N) is 2. The zero-order valence-corrected chi connectivity index (χ0v) is 14.7. The van der Waals surface area contributed by atoms with E-state index < -0.39 is 0 Å². The lowest BCUT2D eigenvalue weighted by Crippen LogP contribution is -2.22. The summed E-state index contributed by atoms with van der Waals surface area (Å²) in [6.45, 7) is 8.28. The maximum absolute atomic E-state index is 6.05. The van der Waals surface area contributed by atoms with E-state index in [0.29, 0.717) is 0 Å². The SMILES string of the molecule is CCC(N)Cc1cc(C)nc(-c2cc(C)c(Br)c(C)c2)n1. The van der Waals surface area contributed by atoms with Crippen LogP contribution in [-0.4, -0.2) is 16.0 Å². The predicted octanol–water partition coefficient (Wildman–Crippen LogP) is 4.11. The number of hydrogen-bond acceptors (Lipinski definition) is 3. The third-order valence-corrected chi connectivity index (χ3v) is 4.85. The van der Waals surface area contributed by atoms with Crippen molar-refractivity contribution in [2.24, 2.45) is 5.73 Å². The molecule has 0 spiro atoms. The van der Waals surface area contributed by atoms with Crippen molar-refractivity contribution >= 4 is 15.9 Å². The lowest BCUT2D eigenvalue weighted by Gasteiger charge is -2.11. The van der Waals surface area contributed by atoms with Crippen LogP contribution in [-0.2, 0) is 6.42 Å². The van der Waals surface area contributed by atoms with E-state index in [9.17, 15) is 0 Å². The first-order chi connectivity index (χ1) is 9.90. The second kappa shape index (κ2) is 6.67. The van der Waals surface area contributed by atoms with Crippen LogP contribution in [0.1, 0.15) is 35.9 Å². The van der Waals surface area contributed by atoms with Crippen molar-refractivity contribution < 1.29 is 0 Å². The van der Waals surface area contributed by atoms with Crippen LogP contribution >= 0.6 is 15.9 Å². The highest BCUT2D eigenvalue weighted by Crippen LogP contribution is 2.27. The van der Waals surface area contributed by atoms with Crippen molar-refractivity contribution in [3.05, 3.63) is 45.2 Å². The van der Waals surface area contributed by atoms with Crippen molar-refractivity contribution in [3.8, 4) is 11.4 Å². The Morgan fingerprint density at radius 2 is 1.71 bits per heavy atom. The monoisotopic (exact) mass is 347 g/mol. The number of halogens is 1. The largest absolute Gasteiger partial charge is 0.327 e. The van der Waals surface area contributed by atoms with Gasteiger partial charge in [-0.25, -0.2) is 9.97 Å². The highest BCUT2D eigenvalue weighted by Gasteiger charge is 2.10. The average Bonchev–Trinajstić information content (AvgIpc) is 2.43. The van der Waals surface area contributed by atoms with Gasteiger partial charge in [0.1, 0.15) is 0 Å². The van der Waals surface area contributed by atoms with E-state index in [2.05, 4.69) is 53.8 Å². The maximum atomic E-state index is 6.05. The quantitative estimate of drug-likeness (QED) is 0.905. The van der Waals surface area contributed by atoms with Crippen LogP contribution in [0.4, 0.5) is 0 Å². The van der Waals surface area contributed by atoms with Crippen molar-refractivity contribution in [1.29, 1.82) is 0 Å². The fraction of sp³-hybridized carbons (Fsp3) is 0.412. The molecule has 1 unspecified atom stereocenters. The molecule has 1 aromatic heterocycles. The molecule has 1 atom stereocenters. The minimum atomic E-state index is 0.153. The van der Waals surface area contributed by atoms with Gasteiger partial charge in [0.05, 0.1) is 0 Å². The van der Waals surface area contributed by atoms with Gasteiger partial charge in [0.2, 0.25) is 0 Å². The van der Waals surface area contributed by atoms with Gasteiger partial charge in [-0.2, -0.15) is 0 Å². The molecule has 0 aliphatic carbocycles. The van der Waals surface area contributed by atoms with E-state index in [4.69, 9.17) is 10.7 Å². The van der Waals surface area contributed by atoms with Crippen molar-refractivity contribution in [2.75, 3.05) is 0 Å². The molecule has 2 N–H and O–H groups in total. The zero-order chi connectivity index (χ0) is 15.6. The molecular formula is C17H22BrN3. The molecule has 4 heteroatoms. The van der Waals surface area contributed by atoms with E-state index in [-0.39, 0.29) is 6.04 Å². The molecule has 2 rings (SSSR count). The molecule has 3 nitrogen and oxygen atoms in total. The lowest BCUT2D eigenvalue weighted by molar-refractivity contribution is 0.635. The zero-order valence-electron chi connectivity index (χ0n) is 13.1. The Hall–Kier alpha value is -1.26.